The normalized spacial score (nSPS) is 10.8. The summed E-state index contributed by atoms with van der Waals surface area (Å²) in [5.41, 5.74) is 11.2. The number of rotatable bonds is 5. The van der Waals surface area contributed by atoms with E-state index in [0.717, 1.165) is 33.9 Å². The lowest BCUT2D eigenvalue weighted by Gasteiger charge is -2.13. The van der Waals surface area contributed by atoms with Gasteiger partial charge >= 0.3 is 0 Å². The fourth-order valence-corrected chi connectivity index (χ4v) is 4.73. The van der Waals surface area contributed by atoms with E-state index in [-0.39, 0.29) is 0 Å². The van der Waals surface area contributed by atoms with Gasteiger partial charge in [-0.2, -0.15) is 0 Å². The molecule has 37 heavy (non-hydrogen) atoms. The Morgan fingerprint density at radius 1 is 0.378 bits per heavy atom. The van der Waals surface area contributed by atoms with Crippen LogP contribution in [0.5, 0.6) is 0 Å². The van der Waals surface area contributed by atoms with Crippen LogP contribution in [-0.2, 0) is 0 Å². The molecule has 0 aliphatic carbocycles. The van der Waals surface area contributed by atoms with E-state index in [1.54, 1.807) is 0 Å². The predicted octanol–water partition coefficient (Wildman–Crippen LogP) is 7.07. The maximum atomic E-state index is 4.97. The van der Waals surface area contributed by atoms with Crippen LogP contribution in [0.25, 0.3) is 56.2 Å². The first kappa shape index (κ1) is 22.7. The minimum atomic E-state index is 0.728. The monoisotopic (exact) mass is 472 g/mol. The van der Waals surface area contributed by atoms with Crippen LogP contribution in [0, 0.1) is 0 Å². The molecule has 2 nitrogen and oxygen atoms in total. The lowest BCUT2D eigenvalue weighted by molar-refractivity contribution is 1.18. The van der Waals surface area contributed by atoms with Gasteiger partial charge in [-0.05, 0) is 28.3 Å². The van der Waals surface area contributed by atoms with Gasteiger partial charge in [-0.3, -0.25) is 0 Å². The van der Waals surface area contributed by atoms with Crippen molar-refractivity contribution in [2.24, 2.45) is 0 Å². The van der Waals surface area contributed by atoms with Crippen LogP contribution in [0.15, 0.2) is 140 Å². The summed E-state index contributed by atoms with van der Waals surface area (Å²) < 4.78 is 0. The lowest BCUT2D eigenvalue weighted by atomic mass is 9.84. The summed E-state index contributed by atoms with van der Waals surface area (Å²) in [7, 11) is 2.17. The molecule has 0 bridgehead atoms. The van der Waals surface area contributed by atoms with Gasteiger partial charge in [-0.25, -0.2) is 9.97 Å². The average Bonchev–Trinajstić information content (AvgIpc) is 2.98. The molecule has 1 aromatic heterocycles. The molecule has 0 atom stereocenters. The maximum absolute atomic E-state index is 4.97. The summed E-state index contributed by atoms with van der Waals surface area (Å²) in [6.07, 6.45) is 0. The number of hydrogen-bond acceptors (Lipinski definition) is 2. The SMILES string of the molecule is Bc1ccccc1-c1ccccc1-c1ccc(-c2cc(-c3ccccc3)nc(-c3ccccc3)n2)cc1. The van der Waals surface area contributed by atoms with E-state index in [1.165, 1.54) is 27.7 Å². The van der Waals surface area contributed by atoms with Crippen LogP contribution < -0.4 is 5.46 Å². The Labute approximate surface area is 218 Å². The van der Waals surface area contributed by atoms with E-state index in [0.29, 0.717) is 0 Å². The van der Waals surface area contributed by atoms with Crippen LogP contribution in [0.1, 0.15) is 0 Å². The van der Waals surface area contributed by atoms with Crippen LogP contribution in [0.4, 0.5) is 0 Å². The molecule has 1 heterocycles. The smallest absolute Gasteiger partial charge is 0.160 e. The molecule has 0 aliphatic rings. The molecule has 0 fully saturated rings. The molecule has 0 aliphatic heterocycles. The third kappa shape index (κ3) is 4.72. The van der Waals surface area contributed by atoms with E-state index < -0.39 is 0 Å². The first-order chi connectivity index (χ1) is 18.3. The first-order valence-corrected chi connectivity index (χ1v) is 12.5. The van der Waals surface area contributed by atoms with Gasteiger partial charge < -0.3 is 0 Å². The molecule has 0 N–H and O–H groups in total. The van der Waals surface area contributed by atoms with Gasteiger partial charge in [0.05, 0.1) is 11.4 Å². The van der Waals surface area contributed by atoms with E-state index >= 15 is 0 Å². The molecular formula is C34H25BN2. The molecular weight excluding hydrogens is 447 g/mol. The lowest BCUT2D eigenvalue weighted by Crippen LogP contribution is -2.06. The number of aromatic nitrogens is 2. The van der Waals surface area contributed by atoms with Crippen molar-refractivity contribution >= 4 is 13.3 Å². The molecule has 0 radical (unpaired) electrons. The molecule has 0 saturated carbocycles. The molecule has 5 aromatic carbocycles. The van der Waals surface area contributed by atoms with E-state index in [9.17, 15) is 0 Å². The Hall–Kier alpha value is -4.76. The maximum Gasteiger partial charge on any atom is 0.160 e. The highest BCUT2D eigenvalue weighted by atomic mass is 14.9. The largest absolute Gasteiger partial charge is 0.228 e. The van der Waals surface area contributed by atoms with Gasteiger partial charge in [-0.15, -0.1) is 0 Å². The fourth-order valence-electron chi connectivity index (χ4n) is 4.73. The van der Waals surface area contributed by atoms with E-state index in [1.807, 2.05) is 36.4 Å². The molecule has 0 spiro atoms. The second-order valence-electron chi connectivity index (χ2n) is 9.13. The molecule has 0 amide bonds. The van der Waals surface area contributed by atoms with Crippen molar-refractivity contribution < 1.29 is 0 Å². The van der Waals surface area contributed by atoms with Crippen LogP contribution in [-0.4, -0.2) is 17.8 Å². The van der Waals surface area contributed by atoms with Crippen LogP contribution >= 0.6 is 0 Å². The van der Waals surface area contributed by atoms with Crippen molar-refractivity contribution in [3.05, 3.63) is 140 Å². The second-order valence-corrected chi connectivity index (χ2v) is 9.13. The Balaban J connectivity index is 1.43. The predicted molar refractivity (Wildman–Crippen MR) is 157 cm³/mol. The molecule has 174 valence electrons. The second kappa shape index (κ2) is 10.1. The fraction of sp³-hybridized carbons (Fsp3) is 0. The zero-order valence-electron chi connectivity index (χ0n) is 20.7. The highest BCUT2D eigenvalue weighted by Crippen LogP contribution is 2.33. The highest BCUT2D eigenvalue weighted by Gasteiger charge is 2.12. The summed E-state index contributed by atoms with van der Waals surface area (Å²) in [5, 5.41) is 0. The number of hydrogen-bond donors (Lipinski definition) is 0. The first-order valence-electron chi connectivity index (χ1n) is 12.5. The van der Waals surface area contributed by atoms with E-state index in [4.69, 9.17) is 9.97 Å². The summed E-state index contributed by atoms with van der Waals surface area (Å²) in [6.45, 7) is 0. The molecule has 3 heteroatoms. The van der Waals surface area contributed by atoms with Crippen molar-refractivity contribution in [3.8, 4) is 56.2 Å². The Morgan fingerprint density at radius 2 is 0.838 bits per heavy atom. The zero-order chi connectivity index (χ0) is 25.0. The van der Waals surface area contributed by atoms with Gasteiger partial charge in [0.15, 0.2) is 5.82 Å². The Kier molecular flexibility index (Phi) is 6.18. The Bertz CT molecular complexity index is 1600. The number of nitrogens with zero attached hydrogens (tertiary/aromatic N) is 2. The third-order valence-electron chi connectivity index (χ3n) is 6.68. The topological polar surface area (TPSA) is 25.8 Å². The van der Waals surface area contributed by atoms with Gasteiger partial charge in [0.2, 0.25) is 0 Å². The van der Waals surface area contributed by atoms with Gasteiger partial charge in [-0.1, -0.05) is 139 Å². The number of benzene rings is 5. The van der Waals surface area contributed by atoms with Gasteiger partial charge in [0.25, 0.3) is 0 Å². The molecule has 6 rings (SSSR count). The highest BCUT2D eigenvalue weighted by molar-refractivity contribution is 6.36. The van der Waals surface area contributed by atoms with Gasteiger partial charge in [0.1, 0.15) is 7.85 Å². The molecule has 0 unspecified atom stereocenters. The van der Waals surface area contributed by atoms with Crippen molar-refractivity contribution in [1.82, 2.24) is 9.97 Å². The standard InChI is InChI=1S/C34H25BN2/c35-31-18-10-9-17-30(31)29-16-8-7-15-28(29)24-19-21-26(22-20-24)33-23-32(25-11-3-1-4-12-25)36-34(37-33)27-13-5-2-6-14-27/h1-23H,35H2. The van der Waals surface area contributed by atoms with Crippen molar-refractivity contribution in [2.45, 2.75) is 0 Å². The summed E-state index contributed by atoms with van der Waals surface area (Å²) in [5.74, 6) is 0.728. The minimum Gasteiger partial charge on any atom is -0.228 e. The zero-order valence-corrected chi connectivity index (χ0v) is 20.7. The minimum absolute atomic E-state index is 0.728. The van der Waals surface area contributed by atoms with Crippen molar-refractivity contribution in [3.63, 3.8) is 0 Å². The quantitative estimate of drug-likeness (QED) is 0.251. The molecule has 6 aromatic rings. The van der Waals surface area contributed by atoms with Crippen LogP contribution in [0.2, 0.25) is 0 Å². The summed E-state index contributed by atoms with van der Waals surface area (Å²) in [4.78, 5) is 9.87. The third-order valence-corrected chi connectivity index (χ3v) is 6.68. The summed E-state index contributed by atoms with van der Waals surface area (Å²) in [6, 6.07) is 48.4. The molecule has 0 saturated heterocycles. The Morgan fingerprint density at radius 3 is 1.46 bits per heavy atom. The average molecular weight is 472 g/mol. The van der Waals surface area contributed by atoms with Gasteiger partial charge in [0, 0.05) is 16.7 Å². The van der Waals surface area contributed by atoms with Crippen molar-refractivity contribution in [2.75, 3.05) is 0 Å². The van der Waals surface area contributed by atoms with E-state index in [2.05, 4.69) is 111 Å². The van der Waals surface area contributed by atoms with Crippen molar-refractivity contribution in [1.29, 1.82) is 0 Å². The van der Waals surface area contributed by atoms with Crippen LogP contribution in [0.3, 0.4) is 0 Å². The summed E-state index contributed by atoms with van der Waals surface area (Å²) >= 11 is 0.